The molecule has 1 saturated heterocycles. The normalized spacial score (nSPS) is 15.2. The highest BCUT2D eigenvalue weighted by atomic mass is 19.1. The highest BCUT2D eigenvalue weighted by molar-refractivity contribution is 5.96. The van der Waals surface area contributed by atoms with Crippen molar-refractivity contribution in [2.45, 2.75) is 12.3 Å². The Morgan fingerprint density at radius 3 is 2.70 bits per heavy atom. The Labute approximate surface area is 191 Å². The van der Waals surface area contributed by atoms with Crippen LogP contribution in [0.25, 0.3) is 5.70 Å². The fourth-order valence-electron chi connectivity index (χ4n) is 3.87. The molecular formula is C26H22FN3O3. The van der Waals surface area contributed by atoms with Gasteiger partial charge in [0.1, 0.15) is 17.6 Å². The van der Waals surface area contributed by atoms with E-state index in [0.717, 1.165) is 16.8 Å². The predicted molar refractivity (Wildman–Crippen MR) is 124 cm³/mol. The maximum absolute atomic E-state index is 13.5. The summed E-state index contributed by atoms with van der Waals surface area (Å²) in [4.78, 5) is 14.5. The lowest BCUT2D eigenvalue weighted by Crippen LogP contribution is -2.24. The molecule has 0 aromatic heterocycles. The third kappa shape index (κ3) is 4.51. The van der Waals surface area contributed by atoms with Crippen molar-refractivity contribution in [3.05, 3.63) is 89.8 Å². The molecule has 4 rings (SSSR count). The molecule has 33 heavy (non-hydrogen) atoms. The molecule has 1 fully saturated rings. The van der Waals surface area contributed by atoms with Crippen molar-refractivity contribution in [2.24, 2.45) is 5.73 Å². The summed E-state index contributed by atoms with van der Waals surface area (Å²) in [5.41, 5.74) is 8.95. The van der Waals surface area contributed by atoms with Crippen LogP contribution in [0.4, 0.5) is 10.1 Å². The van der Waals surface area contributed by atoms with E-state index in [4.69, 9.17) is 15.2 Å². The molecule has 1 aliphatic heterocycles. The number of nitrogens with two attached hydrogens (primary N) is 1. The number of anilines is 1. The van der Waals surface area contributed by atoms with Crippen LogP contribution >= 0.6 is 0 Å². The maximum Gasteiger partial charge on any atom is 0.227 e. The molecule has 6 nitrogen and oxygen atoms in total. The van der Waals surface area contributed by atoms with E-state index in [1.165, 1.54) is 25.3 Å². The van der Waals surface area contributed by atoms with Gasteiger partial charge in [0.25, 0.3) is 0 Å². The fraction of sp³-hybridized carbons (Fsp3) is 0.154. The zero-order valence-corrected chi connectivity index (χ0v) is 18.0. The zero-order valence-electron chi connectivity index (χ0n) is 18.0. The Bertz CT molecular complexity index is 1280. The minimum absolute atomic E-state index is 0.00758. The molecule has 0 unspecified atom stereocenters. The molecule has 0 radical (unpaired) electrons. The Morgan fingerprint density at radius 1 is 1.15 bits per heavy atom. The molecule has 1 aliphatic rings. The van der Waals surface area contributed by atoms with Crippen LogP contribution in [0.5, 0.6) is 17.2 Å². The van der Waals surface area contributed by atoms with E-state index in [2.05, 4.69) is 12.6 Å². The average molecular weight is 443 g/mol. The van der Waals surface area contributed by atoms with Crippen molar-refractivity contribution in [2.75, 3.05) is 18.6 Å². The summed E-state index contributed by atoms with van der Waals surface area (Å²) in [6, 6.07) is 18.6. The predicted octanol–water partition coefficient (Wildman–Crippen LogP) is 4.95. The van der Waals surface area contributed by atoms with Crippen LogP contribution in [0.2, 0.25) is 0 Å². The van der Waals surface area contributed by atoms with E-state index in [9.17, 15) is 14.4 Å². The molecule has 1 heterocycles. The van der Waals surface area contributed by atoms with Crippen LogP contribution < -0.4 is 20.1 Å². The first-order chi connectivity index (χ1) is 15.9. The number of halogens is 1. The molecule has 166 valence electrons. The summed E-state index contributed by atoms with van der Waals surface area (Å²) in [5.74, 6) is 0.259. The van der Waals surface area contributed by atoms with Gasteiger partial charge in [-0.05, 0) is 47.5 Å². The lowest BCUT2D eigenvalue weighted by molar-refractivity contribution is -0.117. The molecule has 1 atom stereocenters. The largest absolute Gasteiger partial charge is 0.493 e. The number of ether oxygens (including phenoxy) is 2. The van der Waals surface area contributed by atoms with Crippen LogP contribution in [-0.4, -0.2) is 19.6 Å². The number of nitriles is 1. The highest BCUT2D eigenvalue weighted by Gasteiger charge is 2.32. The smallest absolute Gasteiger partial charge is 0.227 e. The van der Waals surface area contributed by atoms with Crippen LogP contribution in [0.1, 0.15) is 29.0 Å². The molecule has 3 aromatic rings. The average Bonchev–Trinajstić information content (AvgIpc) is 3.21. The molecule has 2 N–H and O–H groups in total. The highest BCUT2D eigenvalue weighted by Crippen LogP contribution is 2.38. The molecule has 0 aliphatic carbocycles. The van der Waals surface area contributed by atoms with E-state index >= 15 is 0 Å². The van der Waals surface area contributed by atoms with Gasteiger partial charge in [0.15, 0.2) is 11.5 Å². The summed E-state index contributed by atoms with van der Waals surface area (Å²) in [5, 5.41) is 9.53. The number of nitrogens with zero attached hydrogens (tertiary/aromatic N) is 2. The number of hydrogen-bond acceptors (Lipinski definition) is 5. The van der Waals surface area contributed by atoms with Crippen molar-refractivity contribution in [3.8, 4) is 23.3 Å². The van der Waals surface area contributed by atoms with Gasteiger partial charge in [-0.2, -0.15) is 5.26 Å². The lowest BCUT2D eigenvalue weighted by Gasteiger charge is -2.18. The van der Waals surface area contributed by atoms with Gasteiger partial charge in [-0.3, -0.25) is 4.79 Å². The monoisotopic (exact) mass is 443 g/mol. The van der Waals surface area contributed by atoms with Crippen molar-refractivity contribution < 1.29 is 18.7 Å². The summed E-state index contributed by atoms with van der Waals surface area (Å²) >= 11 is 0. The number of amides is 1. The summed E-state index contributed by atoms with van der Waals surface area (Å²) < 4.78 is 24.6. The van der Waals surface area contributed by atoms with Crippen molar-refractivity contribution in [1.82, 2.24) is 0 Å². The van der Waals surface area contributed by atoms with Crippen molar-refractivity contribution >= 4 is 17.3 Å². The minimum Gasteiger partial charge on any atom is -0.493 e. The zero-order chi connectivity index (χ0) is 23.5. The van der Waals surface area contributed by atoms with Gasteiger partial charge in [0, 0.05) is 36.3 Å². The van der Waals surface area contributed by atoms with Crippen LogP contribution in [0.15, 0.2) is 67.2 Å². The number of rotatable bonds is 6. The molecule has 1 amide bonds. The van der Waals surface area contributed by atoms with Gasteiger partial charge >= 0.3 is 0 Å². The van der Waals surface area contributed by atoms with E-state index in [1.807, 2.05) is 30.3 Å². The topological polar surface area (TPSA) is 88.6 Å². The second kappa shape index (κ2) is 9.05. The molecule has 7 heteroatoms. The Balaban J connectivity index is 1.62. The summed E-state index contributed by atoms with van der Waals surface area (Å²) in [7, 11) is 1.41. The lowest BCUT2D eigenvalue weighted by atomic mass is 9.96. The number of methoxy groups -OCH3 is 1. The number of carbonyl (C=O) groups is 1. The molecule has 0 bridgehead atoms. The SMILES string of the molecule is C=C(N)c1cccc(N2C[C@@H](c3ccc(C#N)c(Oc4ccc(F)cc4OC)c3)CC2=O)c1. The first kappa shape index (κ1) is 21.9. The molecule has 3 aromatic carbocycles. The van der Waals surface area contributed by atoms with Gasteiger partial charge < -0.3 is 20.1 Å². The van der Waals surface area contributed by atoms with Crippen molar-refractivity contribution in [1.29, 1.82) is 5.26 Å². The first-order valence-corrected chi connectivity index (χ1v) is 10.3. The third-order valence-corrected chi connectivity index (χ3v) is 5.60. The Kier molecular flexibility index (Phi) is 6.01. The van der Waals surface area contributed by atoms with Gasteiger partial charge in [-0.25, -0.2) is 4.39 Å². The third-order valence-electron chi connectivity index (χ3n) is 5.60. The fourth-order valence-corrected chi connectivity index (χ4v) is 3.87. The molecule has 0 saturated carbocycles. The summed E-state index contributed by atoms with van der Waals surface area (Å²) in [6.07, 6.45) is 0.318. The number of carbonyl (C=O) groups excluding carboxylic acids is 1. The second-order valence-electron chi connectivity index (χ2n) is 7.75. The minimum atomic E-state index is -0.458. The van der Waals surface area contributed by atoms with E-state index in [-0.39, 0.29) is 23.3 Å². The van der Waals surface area contributed by atoms with Gasteiger partial charge in [0.05, 0.1) is 12.7 Å². The van der Waals surface area contributed by atoms with Crippen LogP contribution in [-0.2, 0) is 4.79 Å². The van der Waals surface area contributed by atoms with Crippen LogP contribution in [0.3, 0.4) is 0 Å². The molecule has 0 spiro atoms. The standard InChI is InChI=1S/C26H22FN3O3/c1-16(29)17-4-3-5-22(10-17)30-15-20(12-26(30)31)18-6-7-19(14-28)24(11-18)33-23-9-8-21(27)13-25(23)32-2/h3-11,13,20H,1,12,15,29H2,2H3/t20-/m0/s1. The number of benzene rings is 3. The molecular weight excluding hydrogens is 421 g/mol. The van der Waals surface area contributed by atoms with E-state index in [1.54, 1.807) is 17.0 Å². The first-order valence-electron chi connectivity index (χ1n) is 10.3. The van der Waals surface area contributed by atoms with E-state index in [0.29, 0.717) is 30.0 Å². The quantitative estimate of drug-likeness (QED) is 0.582. The Morgan fingerprint density at radius 2 is 1.97 bits per heavy atom. The maximum atomic E-state index is 13.5. The van der Waals surface area contributed by atoms with Gasteiger partial charge in [-0.15, -0.1) is 0 Å². The van der Waals surface area contributed by atoms with Crippen LogP contribution in [0, 0.1) is 17.1 Å². The number of hydrogen-bond donors (Lipinski definition) is 1. The Hall–Kier alpha value is -4.31. The second-order valence-corrected chi connectivity index (χ2v) is 7.75. The van der Waals surface area contributed by atoms with Gasteiger partial charge in [-0.1, -0.05) is 24.8 Å². The van der Waals surface area contributed by atoms with Gasteiger partial charge in [0.2, 0.25) is 5.91 Å². The summed E-state index contributed by atoms with van der Waals surface area (Å²) in [6.45, 7) is 4.23. The van der Waals surface area contributed by atoms with Crippen molar-refractivity contribution in [3.63, 3.8) is 0 Å². The van der Waals surface area contributed by atoms with E-state index < -0.39 is 5.82 Å².